The fourth-order valence-corrected chi connectivity index (χ4v) is 15.9. The second-order valence-corrected chi connectivity index (χ2v) is 31.0. The van der Waals surface area contributed by atoms with E-state index in [0.717, 1.165) is 27.7 Å². The Balaban J connectivity index is 0.993. The van der Waals surface area contributed by atoms with E-state index in [1.165, 1.54) is 6.92 Å². The third-order valence-corrected chi connectivity index (χ3v) is 22.4. The first-order valence-electron chi connectivity index (χ1n) is 39.0. The minimum atomic E-state index is -2.63. The molecule has 54 nitrogen and oxygen atoms in total. The lowest BCUT2D eigenvalue weighted by Crippen LogP contribution is -2.71. The van der Waals surface area contributed by atoms with Gasteiger partial charge in [0, 0.05) is 27.7 Å². The third kappa shape index (κ3) is 21.9. The van der Waals surface area contributed by atoms with Crippen LogP contribution in [0, 0.1) is 0 Å². The zero-order chi connectivity index (χ0) is 89.8. The molecule has 10 heterocycles. The minimum absolute atomic E-state index is 0.863. The second-order valence-electron chi connectivity index (χ2n) is 31.0. The molecular formula is C68H114N4O50. The van der Waals surface area contributed by atoms with Crippen molar-refractivity contribution in [2.75, 3.05) is 59.5 Å². The van der Waals surface area contributed by atoms with Crippen LogP contribution in [0.15, 0.2) is 0 Å². The quantitative estimate of drug-likeness (QED) is 0.0306. The number of ether oxygens (including phenoxy) is 19. The lowest BCUT2D eigenvalue weighted by molar-refractivity contribution is -0.399. The standard InChI is InChI=1S/C68H114N4O50/c1-15-33(85)42(94)47(99)63(105-15)119-55-32(72-19(5)84)59(103)106-27(13-80)54(55)118-60-29(69-16(2)81)39(91)53(26(12-79)111-60)117-66-50(102)56(120-68-58(46(98)37(89)23(9-76)110-68)122-62-31(71-18(4)83)41(93)52(25(11-78)113-62)116-65-49(101)44(96)35(87)21(7-74)108-65)38(90)28(114-66)14-104-67-57(45(97)36(88)22(8-75)109-67)121-61-30(70-17(3)82)40(92)51(24(10-77)112-61)115-64-48(100)43(95)34(86)20(6-73)107-64/h15,20-68,73-80,85-103H,6-14H2,1-5H3,(H,69,81)(H,70,82)(H,71,83)(H,72,84)/t15-,20+,21+,22+,23+,24+,25+,26+,27+,28+,29+,30+,31+,32+,33+,34-,35-,36+,37+,38+,39+,40+,41+,42+,43-,44-,45-,46-,47-,48+,49+,50-,51+,52+,53+,54+,55+,56-,57-,58-,59+,60-,61-,62-,63-,64-,65-,66-,67-,68+/m0/s1. The number of rotatable bonds is 31. The van der Waals surface area contributed by atoms with E-state index in [1.54, 1.807) is 0 Å². The smallest absolute Gasteiger partial charge is 0.217 e. The fourth-order valence-electron chi connectivity index (χ4n) is 15.9. The van der Waals surface area contributed by atoms with Gasteiger partial charge in [0.15, 0.2) is 62.9 Å². The van der Waals surface area contributed by atoms with Crippen molar-refractivity contribution < 1.29 is 247 Å². The highest BCUT2D eigenvalue weighted by Crippen LogP contribution is 2.41. The van der Waals surface area contributed by atoms with Gasteiger partial charge in [0.1, 0.15) is 238 Å². The van der Waals surface area contributed by atoms with E-state index in [-0.39, 0.29) is 0 Å². The molecule has 0 spiro atoms. The van der Waals surface area contributed by atoms with Crippen molar-refractivity contribution in [1.82, 2.24) is 21.3 Å². The van der Waals surface area contributed by atoms with Crippen LogP contribution in [0.5, 0.6) is 0 Å². The predicted molar refractivity (Wildman–Crippen MR) is 375 cm³/mol. The van der Waals surface area contributed by atoms with Crippen LogP contribution >= 0.6 is 0 Å². The molecule has 0 unspecified atom stereocenters. The number of aliphatic hydroxyl groups is 27. The Labute approximate surface area is 691 Å². The van der Waals surface area contributed by atoms with E-state index < -0.39 is 390 Å². The van der Waals surface area contributed by atoms with E-state index in [9.17, 15) is 157 Å². The summed E-state index contributed by atoms with van der Waals surface area (Å²) in [7, 11) is 0. The Morgan fingerprint density at radius 1 is 0.230 bits per heavy atom. The molecule has 0 radical (unpaired) electrons. The molecule has 10 rings (SSSR count). The molecule has 10 saturated heterocycles. The van der Waals surface area contributed by atoms with Gasteiger partial charge in [-0.05, 0) is 6.92 Å². The van der Waals surface area contributed by atoms with Gasteiger partial charge in [-0.2, -0.15) is 0 Å². The highest BCUT2D eigenvalue weighted by Gasteiger charge is 2.62. The lowest BCUT2D eigenvalue weighted by Gasteiger charge is -2.51. The van der Waals surface area contributed by atoms with Crippen molar-refractivity contribution in [1.29, 1.82) is 0 Å². The Kier molecular flexibility index (Phi) is 35.8. The molecule has 0 aromatic carbocycles. The highest BCUT2D eigenvalue weighted by atomic mass is 16.8. The summed E-state index contributed by atoms with van der Waals surface area (Å²) in [6, 6.07) is -7.71. The summed E-state index contributed by atoms with van der Waals surface area (Å²) in [6.07, 6.45) is -95.8. The summed E-state index contributed by atoms with van der Waals surface area (Å²) in [5, 5.41) is 310. The highest BCUT2D eigenvalue weighted by molar-refractivity contribution is 5.74. The molecule has 10 fully saturated rings. The molecule has 0 aliphatic carbocycles. The Bertz CT molecular complexity index is 3290. The van der Waals surface area contributed by atoms with Crippen molar-refractivity contribution in [3.8, 4) is 0 Å². The van der Waals surface area contributed by atoms with Gasteiger partial charge in [-0.3, -0.25) is 19.2 Å². The van der Waals surface area contributed by atoms with E-state index in [0.29, 0.717) is 0 Å². The molecule has 706 valence electrons. The third-order valence-electron chi connectivity index (χ3n) is 22.4. The number of amides is 4. The van der Waals surface area contributed by atoms with Gasteiger partial charge in [0.25, 0.3) is 0 Å². The SMILES string of the molecule is CC(=O)N[C@@H]1[C@@H](O[C@@H]2O[C@@H](C)[C@@H](O)[C@@H](O)[C@@H]2O)[C@H](O[C@@H]2O[C@H](CO)[C@@H](O[C@@H]3O[C@H](CO[C@H]4O[C@H](CO)[C@@H](O)[C@H](O)[C@@H]4O[C@@H]4O[C@H](CO)[C@@H](O[C@@H]5O[C@H](CO)[C@H](O)[C@H](O)[C@H]5O)[C@H](O)[C@H]4NC(C)=O)[C@@H](O)[C@H](O[C@H]4O[C@H](CO)[C@@H](O)[C@H](O)[C@@H]4O[C@@H]4O[C@H](CO)[C@@H](O[C@@H]5O[C@H](CO)[C@H](O)[C@H](O)[C@H]5O)[C@H](O)[C@H]4NC(C)=O)[C@@H]3O)[C@H](O)[C@H]2NC(C)=O)[C@@H](CO)O[C@H]1O. The fraction of sp³-hybridized carbons (Fsp3) is 0.941. The van der Waals surface area contributed by atoms with Gasteiger partial charge in [-0.15, -0.1) is 0 Å². The Hall–Kier alpha value is -3.96. The summed E-state index contributed by atoms with van der Waals surface area (Å²) in [5.41, 5.74) is 0. The van der Waals surface area contributed by atoms with E-state index in [1.807, 2.05) is 0 Å². The lowest BCUT2D eigenvalue weighted by atomic mass is 9.93. The molecule has 0 saturated carbocycles. The van der Waals surface area contributed by atoms with Gasteiger partial charge >= 0.3 is 0 Å². The maximum absolute atomic E-state index is 13.3. The molecule has 10 aliphatic rings. The number of hydrogen-bond acceptors (Lipinski definition) is 50. The van der Waals surface area contributed by atoms with Crippen LogP contribution in [0.2, 0.25) is 0 Å². The average Bonchev–Trinajstić information content (AvgIpc) is 0.764. The van der Waals surface area contributed by atoms with Crippen molar-refractivity contribution >= 4 is 23.6 Å². The van der Waals surface area contributed by atoms with Crippen LogP contribution in [-0.4, -0.2) is 528 Å². The first-order valence-corrected chi connectivity index (χ1v) is 39.0. The topological polar surface area (TPSA) is 838 Å². The maximum Gasteiger partial charge on any atom is 0.217 e. The van der Waals surface area contributed by atoms with Crippen molar-refractivity contribution in [3.05, 3.63) is 0 Å². The number of hydrogen-bond donors (Lipinski definition) is 31. The molecule has 31 N–H and O–H groups in total. The molecule has 122 heavy (non-hydrogen) atoms. The molecule has 54 heteroatoms. The van der Waals surface area contributed by atoms with Gasteiger partial charge in [-0.25, -0.2) is 0 Å². The monoisotopic (exact) mass is 1790 g/mol. The number of nitrogens with one attached hydrogen (secondary N) is 4. The molecule has 0 aromatic rings. The summed E-state index contributed by atoms with van der Waals surface area (Å²) in [5.74, 6) is -3.78. The van der Waals surface area contributed by atoms with E-state index in [4.69, 9.17) is 90.0 Å². The van der Waals surface area contributed by atoms with Crippen LogP contribution in [0.1, 0.15) is 34.6 Å². The molecule has 50 atom stereocenters. The summed E-state index contributed by atoms with van der Waals surface area (Å²) < 4.78 is 113. The zero-order valence-corrected chi connectivity index (χ0v) is 65.7. The summed E-state index contributed by atoms with van der Waals surface area (Å²) in [6.45, 7) is -5.14. The van der Waals surface area contributed by atoms with Crippen molar-refractivity contribution in [2.45, 2.75) is 341 Å². The van der Waals surface area contributed by atoms with Crippen LogP contribution < -0.4 is 21.3 Å². The Morgan fingerprint density at radius 3 is 0.877 bits per heavy atom. The number of carbonyl (C=O) groups excluding carboxylic acids is 4. The summed E-state index contributed by atoms with van der Waals surface area (Å²) in [4.78, 5) is 52.0. The number of aliphatic hydroxyl groups excluding tert-OH is 27. The number of carbonyl (C=O) groups is 4. The van der Waals surface area contributed by atoms with Crippen LogP contribution in [-0.2, 0) is 109 Å². The largest absolute Gasteiger partial charge is 0.394 e. The second kappa shape index (κ2) is 43.6. The molecular weight excluding hydrogens is 1670 g/mol. The summed E-state index contributed by atoms with van der Waals surface area (Å²) >= 11 is 0. The van der Waals surface area contributed by atoms with Crippen LogP contribution in [0.25, 0.3) is 0 Å². The van der Waals surface area contributed by atoms with Crippen molar-refractivity contribution in [2.24, 2.45) is 0 Å². The van der Waals surface area contributed by atoms with Gasteiger partial charge in [-0.1, -0.05) is 0 Å². The maximum atomic E-state index is 13.3. The predicted octanol–water partition coefficient (Wildman–Crippen LogP) is -21.2. The first kappa shape index (κ1) is 100. The average molecular weight is 1790 g/mol. The normalized spacial score (nSPS) is 49.7. The molecule has 0 aromatic heterocycles. The van der Waals surface area contributed by atoms with E-state index in [2.05, 4.69) is 21.3 Å². The molecule has 4 amide bonds. The molecule has 0 bridgehead atoms. The van der Waals surface area contributed by atoms with E-state index >= 15 is 0 Å². The Morgan fingerprint density at radius 2 is 0.500 bits per heavy atom. The molecule has 10 aliphatic heterocycles. The van der Waals surface area contributed by atoms with Crippen LogP contribution in [0.3, 0.4) is 0 Å². The zero-order valence-electron chi connectivity index (χ0n) is 65.7. The van der Waals surface area contributed by atoms with Gasteiger partial charge < -0.3 is 249 Å². The first-order chi connectivity index (χ1) is 57.7. The minimum Gasteiger partial charge on any atom is -0.394 e. The van der Waals surface area contributed by atoms with Gasteiger partial charge in [0.05, 0.1) is 65.6 Å². The van der Waals surface area contributed by atoms with Crippen LogP contribution in [0.4, 0.5) is 0 Å². The van der Waals surface area contributed by atoms with Crippen molar-refractivity contribution in [3.63, 3.8) is 0 Å². The van der Waals surface area contributed by atoms with Gasteiger partial charge in [0.2, 0.25) is 23.6 Å².